The number of carbonyl (C=O) groups is 1. The van der Waals surface area contributed by atoms with Crippen LogP contribution in [0.4, 0.5) is 4.79 Å². The van der Waals surface area contributed by atoms with E-state index >= 15 is 0 Å². The molecule has 0 bridgehead atoms. The van der Waals surface area contributed by atoms with Crippen molar-refractivity contribution < 1.29 is 19.4 Å². The quantitative estimate of drug-likeness (QED) is 0.386. The first kappa shape index (κ1) is 11.7. The van der Waals surface area contributed by atoms with Crippen LogP contribution in [0.25, 0.3) is 0 Å². The number of aliphatic hydroxyl groups excluding tert-OH is 1. The minimum Gasteiger partial charge on any atom is -0.434 e. The first-order chi connectivity index (χ1) is 5.81. The number of ether oxygens (including phenoxy) is 2. The zero-order valence-corrected chi connectivity index (χ0v) is 8.21. The summed E-state index contributed by atoms with van der Waals surface area (Å²) in [5.41, 5.74) is 0. The summed E-state index contributed by atoms with van der Waals surface area (Å²) in [4.78, 5) is 10.6. The van der Waals surface area contributed by atoms with Gasteiger partial charge in [-0.15, -0.1) is 8.58 Å². The molecule has 0 rings (SSSR count). The third-order valence-electron chi connectivity index (χ3n) is 1.06. The molecule has 0 aromatic rings. The monoisotopic (exact) mass is 194 g/mol. The molecule has 0 aliphatic heterocycles. The summed E-state index contributed by atoms with van der Waals surface area (Å²) in [5.74, 6) is 0. The highest BCUT2D eigenvalue weighted by molar-refractivity contribution is 7.37. The highest BCUT2D eigenvalue weighted by Gasteiger charge is 2.00. The molecule has 4 nitrogen and oxygen atoms in total. The van der Waals surface area contributed by atoms with Crippen molar-refractivity contribution in [3.8, 4) is 0 Å². The van der Waals surface area contributed by atoms with Crippen molar-refractivity contribution in [2.24, 2.45) is 0 Å². The average molecular weight is 194 g/mol. The normalized spacial score (nSPS) is 10.5. The standard InChI is InChI=1S/C7H15O4P/c1-2-12-6-5-11-7(9)10-4-3-8/h8,12H,2-6H2,1H3. The molecule has 0 aliphatic rings. The maximum absolute atomic E-state index is 10.6. The van der Waals surface area contributed by atoms with Crippen molar-refractivity contribution in [1.82, 2.24) is 0 Å². The number of carbonyl (C=O) groups excluding carboxylic acids is 1. The van der Waals surface area contributed by atoms with Gasteiger partial charge in [-0.05, 0) is 12.3 Å². The van der Waals surface area contributed by atoms with Crippen molar-refractivity contribution in [1.29, 1.82) is 0 Å². The molecular formula is C7H15O4P. The summed E-state index contributed by atoms with van der Waals surface area (Å²) in [6, 6.07) is 0. The summed E-state index contributed by atoms with van der Waals surface area (Å²) in [6.45, 7) is 2.35. The Kier molecular flexibility index (Phi) is 8.51. The Morgan fingerprint density at radius 3 is 2.67 bits per heavy atom. The number of hydrogen-bond donors (Lipinski definition) is 1. The Labute approximate surface area is 74.0 Å². The fourth-order valence-electron chi connectivity index (χ4n) is 0.554. The van der Waals surface area contributed by atoms with Crippen LogP contribution in [-0.2, 0) is 9.47 Å². The Morgan fingerprint density at radius 1 is 1.42 bits per heavy atom. The van der Waals surface area contributed by atoms with Crippen molar-refractivity contribution in [3.05, 3.63) is 0 Å². The van der Waals surface area contributed by atoms with Crippen LogP contribution < -0.4 is 0 Å². The third kappa shape index (κ3) is 7.76. The Balaban J connectivity index is 3.08. The Bertz CT molecular complexity index is 118. The first-order valence-electron chi connectivity index (χ1n) is 3.92. The largest absolute Gasteiger partial charge is 0.508 e. The summed E-state index contributed by atoms with van der Waals surface area (Å²) in [6.07, 6.45) is 1.32. The molecular weight excluding hydrogens is 179 g/mol. The molecule has 12 heavy (non-hydrogen) atoms. The molecule has 0 fully saturated rings. The van der Waals surface area contributed by atoms with Crippen LogP contribution in [0, 0.1) is 0 Å². The molecule has 1 unspecified atom stereocenters. The average Bonchev–Trinajstić information content (AvgIpc) is 2.09. The lowest BCUT2D eigenvalue weighted by atomic mass is 10.8. The van der Waals surface area contributed by atoms with Crippen molar-refractivity contribution in [3.63, 3.8) is 0 Å². The van der Waals surface area contributed by atoms with Gasteiger partial charge in [-0.1, -0.05) is 6.92 Å². The van der Waals surface area contributed by atoms with Crippen LogP contribution in [0.15, 0.2) is 0 Å². The van der Waals surface area contributed by atoms with Crippen molar-refractivity contribution >= 4 is 14.7 Å². The molecule has 0 aliphatic carbocycles. The highest BCUT2D eigenvalue weighted by atomic mass is 31.1. The molecule has 5 heteroatoms. The van der Waals surface area contributed by atoms with E-state index in [4.69, 9.17) is 5.11 Å². The molecule has 1 atom stereocenters. The van der Waals surface area contributed by atoms with Gasteiger partial charge in [0.05, 0.1) is 13.2 Å². The SMILES string of the molecule is CCPCCOC(=O)OCCO. The zero-order chi connectivity index (χ0) is 9.23. The highest BCUT2D eigenvalue weighted by Crippen LogP contribution is 2.06. The minimum absolute atomic E-state index is 0.00883. The molecule has 72 valence electrons. The second kappa shape index (κ2) is 8.75. The lowest BCUT2D eigenvalue weighted by molar-refractivity contribution is 0.0473. The lowest BCUT2D eigenvalue weighted by Crippen LogP contribution is -2.11. The van der Waals surface area contributed by atoms with Crippen molar-refractivity contribution in [2.75, 3.05) is 32.1 Å². The smallest absolute Gasteiger partial charge is 0.434 e. The van der Waals surface area contributed by atoms with E-state index in [1.165, 1.54) is 0 Å². The van der Waals surface area contributed by atoms with Gasteiger partial charge in [0.15, 0.2) is 0 Å². The molecule has 0 amide bonds. The van der Waals surface area contributed by atoms with E-state index in [1.54, 1.807) is 0 Å². The van der Waals surface area contributed by atoms with Crippen LogP contribution in [0.2, 0.25) is 0 Å². The molecule has 0 spiro atoms. The molecule has 0 saturated heterocycles. The molecule has 1 N–H and O–H groups in total. The van der Waals surface area contributed by atoms with Gasteiger partial charge in [0.1, 0.15) is 6.61 Å². The fourth-order valence-corrected chi connectivity index (χ4v) is 1.15. The van der Waals surface area contributed by atoms with E-state index in [9.17, 15) is 4.79 Å². The van der Waals surface area contributed by atoms with Crippen LogP contribution >= 0.6 is 8.58 Å². The second-order valence-corrected chi connectivity index (χ2v) is 3.73. The Morgan fingerprint density at radius 2 is 2.08 bits per heavy atom. The minimum atomic E-state index is -0.690. The van der Waals surface area contributed by atoms with Gasteiger partial charge in [-0.3, -0.25) is 0 Å². The van der Waals surface area contributed by atoms with Gasteiger partial charge in [0.25, 0.3) is 0 Å². The van der Waals surface area contributed by atoms with Crippen LogP contribution in [0.5, 0.6) is 0 Å². The van der Waals surface area contributed by atoms with Crippen molar-refractivity contribution in [2.45, 2.75) is 6.92 Å². The van der Waals surface area contributed by atoms with Crippen LogP contribution in [0.3, 0.4) is 0 Å². The van der Waals surface area contributed by atoms with Gasteiger partial charge in [-0.2, -0.15) is 0 Å². The summed E-state index contributed by atoms with van der Waals surface area (Å²) >= 11 is 0. The predicted molar refractivity (Wildman–Crippen MR) is 48.1 cm³/mol. The Hall–Kier alpha value is -0.340. The third-order valence-corrected chi connectivity index (χ3v) is 2.12. The fraction of sp³-hybridized carbons (Fsp3) is 0.857. The number of aliphatic hydroxyl groups is 1. The molecule has 0 heterocycles. The van der Waals surface area contributed by atoms with Crippen LogP contribution in [-0.4, -0.2) is 43.4 Å². The van der Waals surface area contributed by atoms with Gasteiger partial charge in [-0.25, -0.2) is 4.79 Å². The van der Waals surface area contributed by atoms with Gasteiger partial charge in [0, 0.05) is 0 Å². The second-order valence-electron chi connectivity index (χ2n) is 2.02. The lowest BCUT2D eigenvalue weighted by Gasteiger charge is -2.03. The molecule has 0 radical (unpaired) electrons. The first-order valence-corrected chi connectivity index (χ1v) is 5.33. The summed E-state index contributed by atoms with van der Waals surface area (Å²) in [5, 5.41) is 8.29. The summed E-state index contributed by atoms with van der Waals surface area (Å²) in [7, 11) is 0.835. The van der Waals surface area contributed by atoms with E-state index < -0.39 is 6.16 Å². The van der Waals surface area contributed by atoms with E-state index in [0.717, 1.165) is 20.9 Å². The topological polar surface area (TPSA) is 55.8 Å². The van der Waals surface area contributed by atoms with Gasteiger partial charge in [0.2, 0.25) is 0 Å². The molecule has 0 aromatic carbocycles. The maximum atomic E-state index is 10.6. The molecule has 0 aromatic heterocycles. The van der Waals surface area contributed by atoms with E-state index in [1.807, 2.05) is 0 Å². The van der Waals surface area contributed by atoms with Gasteiger partial charge >= 0.3 is 6.16 Å². The summed E-state index contributed by atoms with van der Waals surface area (Å²) < 4.78 is 9.14. The molecule has 0 saturated carbocycles. The van der Waals surface area contributed by atoms with E-state index in [0.29, 0.717) is 6.61 Å². The number of rotatable bonds is 6. The van der Waals surface area contributed by atoms with Crippen LogP contribution in [0.1, 0.15) is 6.92 Å². The number of hydrogen-bond acceptors (Lipinski definition) is 4. The maximum Gasteiger partial charge on any atom is 0.508 e. The zero-order valence-electron chi connectivity index (χ0n) is 7.21. The predicted octanol–water partition coefficient (Wildman–Crippen LogP) is 0.830. The van der Waals surface area contributed by atoms with Gasteiger partial charge < -0.3 is 14.6 Å². The van der Waals surface area contributed by atoms with E-state index in [-0.39, 0.29) is 13.2 Å². The van der Waals surface area contributed by atoms with E-state index in [2.05, 4.69) is 16.4 Å².